The van der Waals surface area contributed by atoms with Crippen LogP contribution in [0, 0.1) is 6.92 Å². The van der Waals surface area contributed by atoms with E-state index < -0.39 is 0 Å². The Kier molecular flexibility index (Phi) is 5.63. The molecule has 2 rings (SSSR count). The van der Waals surface area contributed by atoms with Gasteiger partial charge in [0.2, 0.25) is 5.91 Å². The molecule has 0 aliphatic heterocycles. The molecular weight excluding hydrogens is 316 g/mol. The summed E-state index contributed by atoms with van der Waals surface area (Å²) in [6.07, 6.45) is 3.72. The zero-order valence-corrected chi connectivity index (χ0v) is 14.5. The van der Waals surface area contributed by atoms with Crippen LogP contribution >= 0.6 is 11.6 Å². The largest absolute Gasteiger partial charge is 0.495 e. The van der Waals surface area contributed by atoms with Crippen LogP contribution in [0.25, 0.3) is 0 Å². The number of hydrogen-bond acceptors (Lipinski definition) is 4. The van der Waals surface area contributed by atoms with Gasteiger partial charge in [-0.2, -0.15) is 5.10 Å². The lowest BCUT2D eigenvalue weighted by molar-refractivity contribution is -0.117. The quantitative estimate of drug-likeness (QED) is 0.880. The fourth-order valence-electron chi connectivity index (χ4n) is 2.29. The first-order chi connectivity index (χ1) is 10.9. The molecule has 0 saturated carbocycles. The van der Waals surface area contributed by atoms with Crippen molar-refractivity contribution in [3.05, 3.63) is 40.7 Å². The Morgan fingerprint density at radius 2 is 2.22 bits per heavy atom. The van der Waals surface area contributed by atoms with Gasteiger partial charge in [0.05, 0.1) is 25.5 Å². The van der Waals surface area contributed by atoms with Crippen LogP contribution < -0.4 is 10.1 Å². The van der Waals surface area contributed by atoms with Gasteiger partial charge < -0.3 is 10.1 Å². The summed E-state index contributed by atoms with van der Waals surface area (Å²) in [5.41, 5.74) is 2.56. The van der Waals surface area contributed by atoms with Crippen molar-refractivity contribution in [1.29, 1.82) is 0 Å². The molecule has 1 N–H and O–H groups in total. The smallest absolute Gasteiger partial charge is 0.238 e. The van der Waals surface area contributed by atoms with Crippen molar-refractivity contribution in [3.8, 4) is 5.75 Å². The Morgan fingerprint density at radius 1 is 1.48 bits per heavy atom. The Hall–Kier alpha value is -2.05. The van der Waals surface area contributed by atoms with Crippen molar-refractivity contribution in [2.45, 2.75) is 13.5 Å². The van der Waals surface area contributed by atoms with Gasteiger partial charge in [-0.25, -0.2) is 0 Å². The minimum atomic E-state index is -0.114. The molecule has 7 heteroatoms. The first kappa shape index (κ1) is 17.3. The molecule has 0 radical (unpaired) electrons. The molecule has 0 aliphatic rings. The average Bonchev–Trinajstić information content (AvgIpc) is 2.87. The topological polar surface area (TPSA) is 59.4 Å². The monoisotopic (exact) mass is 336 g/mol. The molecule has 1 aromatic carbocycles. The van der Waals surface area contributed by atoms with Crippen LogP contribution in [0.1, 0.15) is 11.1 Å². The van der Waals surface area contributed by atoms with E-state index in [0.29, 0.717) is 23.0 Å². The molecule has 6 nitrogen and oxygen atoms in total. The van der Waals surface area contributed by atoms with E-state index in [-0.39, 0.29) is 12.5 Å². The highest BCUT2D eigenvalue weighted by Gasteiger charge is 2.12. The van der Waals surface area contributed by atoms with E-state index in [1.54, 1.807) is 30.1 Å². The first-order valence-corrected chi connectivity index (χ1v) is 7.57. The predicted molar refractivity (Wildman–Crippen MR) is 90.9 cm³/mol. The van der Waals surface area contributed by atoms with Gasteiger partial charge in [0, 0.05) is 36.4 Å². The third kappa shape index (κ3) is 4.71. The number of aryl methyl sites for hydroxylation is 2. The standard InChI is InChI=1S/C16H21ClN4O2/c1-11-5-14(15(23-4)6-13(11)17)19-16(22)10-20(2)8-12-7-18-21(3)9-12/h5-7,9H,8,10H2,1-4H3,(H,19,22). The van der Waals surface area contributed by atoms with Crippen molar-refractivity contribution in [3.63, 3.8) is 0 Å². The summed E-state index contributed by atoms with van der Waals surface area (Å²) in [7, 11) is 5.30. The third-order valence-corrected chi connectivity index (χ3v) is 3.79. The molecule has 0 unspecified atom stereocenters. The Balaban J connectivity index is 1.97. The van der Waals surface area contributed by atoms with E-state index in [4.69, 9.17) is 16.3 Å². The van der Waals surface area contributed by atoms with Gasteiger partial charge in [-0.15, -0.1) is 0 Å². The SMILES string of the molecule is COc1cc(Cl)c(C)cc1NC(=O)CN(C)Cc1cnn(C)c1. The van der Waals surface area contributed by atoms with Gasteiger partial charge in [-0.1, -0.05) is 11.6 Å². The van der Waals surface area contributed by atoms with Crippen molar-refractivity contribution in [1.82, 2.24) is 14.7 Å². The number of nitrogens with one attached hydrogen (secondary N) is 1. The summed E-state index contributed by atoms with van der Waals surface area (Å²) in [6, 6.07) is 3.51. The lowest BCUT2D eigenvalue weighted by Crippen LogP contribution is -2.29. The van der Waals surface area contributed by atoms with Crippen molar-refractivity contribution in [2.75, 3.05) is 26.0 Å². The molecule has 0 atom stereocenters. The van der Waals surface area contributed by atoms with Crippen LogP contribution in [0.15, 0.2) is 24.5 Å². The van der Waals surface area contributed by atoms with Crippen LogP contribution in [-0.4, -0.2) is 41.3 Å². The van der Waals surface area contributed by atoms with E-state index in [1.165, 1.54) is 0 Å². The highest BCUT2D eigenvalue weighted by molar-refractivity contribution is 6.31. The molecule has 0 bridgehead atoms. The second-order valence-corrected chi connectivity index (χ2v) is 5.95. The summed E-state index contributed by atoms with van der Waals surface area (Å²) in [5.74, 6) is 0.431. The third-order valence-electron chi connectivity index (χ3n) is 3.38. The molecular formula is C16H21ClN4O2. The van der Waals surface area contributed by atoms with Crippen LogP contribution in [0.2, 0.25) is 5.02 Å². The van der Waals surface area contributed by atoms with E-state index in [1.807, 2.05) is 32.1 Å². The maximum Gasteiger partial charge on any atom is 0.238 e. The molecule has 124 valence electrons. The Labute approximate surface area is 141 Å². The summed E-state index contributed by atoms with van der Waals surface area (Å²) >= 11 is 6.07. The van der Waals surface area contributed by atoms with Crippen LogP contribution in [0.3, 0.4) is 0 Å². The number of anilines is 1. The minimum Gasteiger partial charge on any atom is -0.495 e. The van der Waals surface area contributed by atoms with Crippen LogP contribution in [0.5, 0.6) is 5.75 Å². The minimum absolute atomic E-state index is 0.114. The van der Waals surface area contributed by atoms with E-state index in [2.05, 4.69) is 10.4 Å². The molecule has 1 amide bonds. The maximum atomic E-state index is 12.2. The fourth-order valence-corrected chi connectivity index (χ4v) is 2.44. The summed E-state index contributed by atoms with van der Waals surface area (Å²) in [5, 5.41) is 7.59. The molecule has 0 fully saturated rings. The average molecular weight is 337 g/mol. The Morgan fingerprint density at radius 3 is 2.83 bits per heavy atom. The van der Waals surface area contributed by atoms with Gasteiger partial charge in [0.15, 0.2) is 0 Å². The van der Waals surface area contributed by atoms with Gasteiger partial charge in [0.25, 0.3) is 0 Å². The van der Waals surface area contributed by atoms with Gasteiger partial charge in [-0.05, 0) is 25.6 Å². The summed E-state index contributed by atoms with van der Waals surface area (Å²) < 4.78 is 7.00. The lowest BCUT2D eigenvalue weighted by Gasteiger charge is -2.17. The molecule has 23 heavy (non-hydrogen) atoms. The van der Waals surface area contributed by atoms with Crippen LogP contribution in [-0.2, 0) is 18.4 Å². The van der Waals surface area contributed by atoms with Crippen molar-refractivity contribution < 1.29 is 9.53 Å². The highest BCUT2D eigenvalue weighted by atomic mass is 35.5. The zero-order valence-electron chi connectivity index (χ0n) is 13.8. The normalized spacial score (nSPS) is 10.9. The second kappa shape index (κ2) is 7.48. The van der Waals surface area contributed by atoms with E-state index in [0.717, 1.165) is 11.1 Å². The van der Waals surface area contributed by atoms with E-state index in [9.17, 15) is 4.79 Å². The second-order valence-electron chi connectivity index (χ2n) is 5.54. The maximum absolute atomic E-state index is 12.2. The molecule has 2 aromatic rings. The summed E-state index contributed by atoms with van der Waals surface area (Å²) in [6.45, 7) is 2.80. The number of carbonyl (C=O) groups is 1. The Bertz CT molecular complexity index is 699. The number of hydrogen-bond donors (Lipinski definition) is 1. The number of methoxy groups -OCH3 is 1. The number of rotatable bonds is 6. The predicted octanol–water partition coefficient (Wildman–Crippen LogP) is 2.46. The van der Waals surface area contributed by atoms with Gasteiger partial charge in [-0.3, -0.25) is 14.4 Å². The number of carbonyl (C=O) groups excluding carboxylic acids is 1. The number of amides is 1. The molecule has 0 saturated heterocycles. The summed E-state index contributed by atoms with van der Waals surface area (Å²) in [4.78, 5) is 14.1. The van der Waals surface area contributed by atoms with Gasteiger partial charge >= 0.3 is 0 Å². The van der Waals surface area contributed by atoms with E-state index >= 15 is 0 Å². The first-order valence-electron chi connectivity index (χ1n) is 7.19. The number of ether oxygens (including phenoxy) is 1. The molecule has 0 spiro atoms. The van der Waals surface area contributed by atoms with Gasteiger partial charge in [0.1, 0.15) is 5.75 Å². The number of likely N-dealkylation sites (N-methyl/N-ethyl adjacent to an activating group) is 1. The number of halogens is 1. The van der Waals surface area contributed by atoms with Crippen molar-refractivity contribution in [2.24, 2.45) is 7.05 Å². The fraction of sp³-hybridized carbons (Fsp3) is 0.375. The highest BCUT2D eigenvalue weighted by Crippen LogP contribution is 2.30. The molecule has 1 aromatic heterocycles. The molecule has 0 aliphatic carbocycles. The lowest BCUT2D eigenvalue weighted by atomic mass is 10.2. The van der Waals surface area contributed by atoms with Crippen LogP contribution in [0.4, 0.5) is 5.69 Å². The number of benzene rings is 1. The molecule has 1 heterocycles. The van der Waals surface area contributed by atoms with Crippen molar-refractivity contribution >= 4 is 23.2 Å². The zero-order chi connectivity index (χ0) is 17.0. The number of aromatic nitrogens is 2. The number of nitrogens with zero attached hydrogens (tertiary/aromatic N) is 3.